The molecule has 0 saturated carbocycles. The summed E-state index contributed by atoms with van der Waals surface area (Å²) in [6, 6.07) is 2.70. The van der Waals surface area contributed by atoms with E-state index in [0.29, 0.717) is 16.6 Å². The zero-order valence-corrected chi connectivity index (χ0v) is 8.50. The number of carbonyl (C=O) groups excluding carboxylic acids is 1. The lowest BCUT2D eigenvalue weighted by atomic mass is 10.1. The standard InChI is InChI=1S/C8H5BrN2O3/c9-7-2-4(11(13)14)1-5-6(7)3-10-8(5)12/h1-2H,3H2,(H,10,12). The number of nitrogens with one attached hydrogen (secondary N) is 1. The number of hydrogen-bond donors (Lipinski definition) is 1. The summed E-state index contributed by atoms with van der Waals surface area (Å²) >= 11 is 3.20. The summed E-state index contributed by atoms with van der Waals surface area (Å²) in [7, 11) is 0. The summed E-state index contributed by atoms with van der Waals surface area (Å²) in [5, 5.41) is 13.1. The van der Waals surface area contributed by atoms with E-state index < -0.39 is 4.92 Å². The van der Waals surface area contributed by atoms with Crippen LogP contribution in [0.5, 0.6) is 0 Å². The van der Waals surface area contributed by atoms with Crippen LogP contribution in [0.25, 0.3) is 0 Å². The van der Waals surface area contributed by atoms with Crippen molar-refractivity contribution in [1.82, 2.24) is 5.32 Å². The van der Waals surface area contributed by atoms with Gasteiger partial charge in [0, 0.05) is 23.2 Å². The molecule has 1 heterocycles. The molecule has 1 aromatic rings. The van der Waals surface area contributed by atoms with Crippen molar-refractivity contribution in [1.29, 1.82) is 0 Å². The molecule has 1 aromatic carbocycles. The number of halogens is 1. The maximum Gasteiger partial charge on any atom is 0.271 e. The molecule has 0 bridgehead atoms. The SMILES string of the molecule is O=C1NCc2c(Br)cc([N+](=O)[O-])cc21. The zero-order chi connectivity index (χ0) is 10.3. The van der Waals surface area contributed by atoms with E-state index in [0.717, 1.165) is 5.56 Å². The summed E-state index contributed by atoms with van der Waals surface area (Å²) < 4.78 is 0.597. The van der Waals surface area contributed by atoms with Crippen LogP contribution in [0.3, 0.4) is 0 Å². The number of nitrogens with zero attached hydrogens (tertiary/aromatic N) is 1. The van der Waals surface area contributed by atoms with Crippen LogP contribution in [0.2, 0.25) is 0 Å². The number of nitro groups is 1. The van der Waals surface area contributed by atoms with Crippen LogP contribution >= 0.6 is 15.9 Å². The van der Waals surface area contributed by atoms with Crippen molar-refractivity contribution in [3.63, 3.8) is 0 Å². The van der Waals surface area contributed by atoms with Gasteiger partial charge in [-0.3, -0.25) is 14.9 Å². The molecule has 0 saturated heterocycles. The Kier molecular flexibility index (Phi) is 1.99. The van der Waals surface area contributed by atoms with E-state index in [1.54, 1.807) is 0 Å². The summed E-state index contributed by atoms with van der Waals surface area (Å²) in [5.41, 5.74) is 1.08. The molecule has 1 aliphatic rings. The molecule has 0 aromatic heterocycles. The number of fused-ring (bicyclic) bond motifs is 1. The number of amides is 1. The van der Waals surface area contributed by atoms with Crippen LogP contribution < -0.4 is 5.32 Å². The van der Waals surface area contributed by atoms with Gasteiger partial charge in [0.1, 0.15) is 0 Å². The first-order valence-electron chi connectivity index (χ1n) is 3.84. The highest BCUT2D eigenvalue weighted by Crippen LogP contribution is 2.29. The third kappa shape index (κ3) is 1.27. The van der Waals surface area contributed by atoms with E-state index in [2.05, 4.69) is 21.2 Å². The highest BCUT2D eigenvalue weighted by molar-refractivity contribution is 9.10. The number of rotatable bonds is 1. The molecule has 6 heteroatoms. The number of non-ortho nitro benzene ring substituents is 1. The molecule has 2 rings (SSSR count). The Hall–Kier alpha value is -1.43. The zero-order valence-electron chi connectivity index (χ0n) is 6.91. The molecule has 14 heavy (non-hydrogen) atoms. The molecule has 5 nitrogen and oxygen atoms in total. The van der Waals surface area contributed by atoms with Crippen LogP contribution in [-0.2, 0) is 6.54 Å². The smallest absolute Gasteiger partial charge is 0.271 e. The van der Waals surface area contributed by atoms with E-state index in [1.807, 2.05) is 0 Å². The van der Waals surface area contributed by atoms with Crippen LogP contribution in [0, 0.1) is 10.1 Å². The number of nitro benzene ring substituents is 1. The fourth-order valence-electron chi connectivity index (χ4n) is 1.37. The van der Waals surface area contributed by atoms with Gasteiger partial charge in [-0.1, -0.05) is 15.9 Å². The van der Waals surface area contributed by atoms with Gasteiger partial charge in [-0.2, -0.15) is 0 Å². The molecule has 0 radical (unpaired) electrons. The van der Waals surface area contributed by atoms with Gasteiger partial charge in [-0.15, -0.1) is 0 Å². The van der Waals surface area contributed by atoms with Crippen molar-refractivity contribution in [2.75, 3.05) is 0 Å². The van der Waals surface area contributed by atoms with Gasteiger partial charge in [-0.05, 0) is 5.56 Å². The molecule has 1 N–H and O–H groups in total. The quantitative estimate of drug-likeness (QED) is 0.613. The van der Waals surface area contributed by atoms with Gasteiger partial charge in [0.2, 0.25) is 0 Å². The summed E-state index contributed by atoms with van der Waals surface area (Å²) in [5.74, 6) is -0.260. The third-order valence-electron chi connectivity index (χ3n) is 2.06. The van der Waals surface area contributed by atoms with Crippen molar-refractivity contribution in [3.8, 4) is 0 Å². The molecule has 0 spiro atoms. The normalized spacial score (nSPS) is 13.6. The van der Waals surface area contributed by atoms with Gasteiger partial charge in [0.25, 0.3) is 11.6 Å². The highest BCUT2D eigenvalue weighted by Gasteiger charge is 2.24. The van der Waals surface area contributed by atoms with Crippen LogP contribution in [-0.4, -0.2) is 10.8 Å². The minimum absolute atomic E-state index is 0.0762. The molecule has 0 fully saturated rings. The minimum Gasteiger partial charge on any atom is -0.348 e. The van der Waals surface area contributed by atoms with Gasteiger partial charge < -0.3 is 5.32 Å². The molecule has 0 atom stereocenters. The monoisotopic (exact) mass is 256 g/mol. The summed E-state index contributed by atoms with van der Waals surface area (Å²) in [4.78, 5) is 21.2. The van der Waals surface area contributed by atoms with E-state index >= 15 is 0 Å². The Morgan fingerprint density at radius 3 is 2.86 bits per heavy atom. The molecule has 0 unspecified atom stereocenters. The molecule has 1 aliphatic heterocycles. The van der Waals surface area contributed by atoms with E-state index in [9.17, 15) is 14.9 Å². The van der Waals surface area contributed by atoms with Crippen LogP contribution in [0.15, 0.2) is 16.6 Å². The molecule has 72 valence electrons. The largest absolute Gasteiger partial charge is 0.348 e. The first kappa shape index (κ1) is 9.14. The van der Waals surface area contributed by atoms with E-state index in [-0.39, 0.29) is 11.6 Å². The van der Waals surface area contributed by atoms with Crippen molar-refractivity contribution >= 4 is 27.5 Å². The average Bonchev–Trinajstić information content (AvgIpc) is 2.48. The van der Waals surface area contributed by atoms with E-state index in [4.69, 9.17) is 0 Å². The van der Waals surface area contributed by atoms with Crippen molar-refractivity contribution in [2.45, 2.75) is 6.54 Å². The van der Waals surface area contributed by atoms with Gasteiger partial charge in [0.05, 0.1) is 10.5 Å². The highest BCUT2D eigenvalue weighted by atomic mass is 79.9. The van der Waals surface area contributed by atoms with Crippen LogP contribution in [0.4, 0.5) is 5.69 Å². The molecule has 0 aliphatic carbocycles. The summed E-state index contributed by atoms with van der Waals surface area (Å²) in [6.07, 6.45) is 0. The second-order valence-corrected chi connectivity index (χ2v) is 3.75. The Morgan fingerprint density at radius 1 is 1.50 bits per heavy atom. The fourth-order valence-corrected chi connectivity index (χ4v) is 1.96. The molecular formula is C8H5BrN2O3. The Balaban J connectivity index is 2.64. The van der Waals surface area contributed by atoms with Crippen LogP contribution in [0.1, 0.15) is 15.9 Å². The van der Waals surface area contributed by atoms with Gasteiger partial charge in [0.15, 0.2) is 0 Å². The minimum atomic E-state index is -0.517. The van der Waals surface area contributed by atoms with Crippen molar-refractivity contribution < 1.29 is 9.72 Å². The number of carbonyl (C=O) groups is 1. The predicted octanol–water partition coefficient (Wildman–Crippen LogP) is 1.60. The maximum absolute atomic E-state index is 11.2. The Labute approximate surface area is 87.4 Å². The summed E-state index contributed by atoms with van der Waals surface area (Å²) in [6.45, 7) is 0.423. The van der Waals surface area contributed by atoms with Crippen molar-refractivity contribution in [2.24, 2.45) is 0 Å². The predicted molar refractivity (Wildman–Crippen MR) is 52.0 cm³/mol. The lowest BCUT2D eigenvalue weighted by Crippen LogP contribution is -2.12. The lowest BCUT2D eigenvalue weighted by molar-refractivity contribution is -0.385. The lowest BCUT2D eigenvalue weighted by Gasteiger charge is -1.99. The number of benzene rings is 1. The van der Waals surface area contributed by atoms with E-state index in [1.165, 1.54) is 12.1 Å². The van der Waals surface area contributed by atoms with Crippen molar-refractivity contribution in [3.05, 3.63) is 37.8 Å². The Morgan fingerprint density at radius 2 is 2.21 bits per heavy atom. The molecular weight excluding hydrogens is 252 g/mol. The first-order chi connectivity index (χ1) is 6.59. The van der Waals surface area contributed by atoms with Gasteiger partial charge in [-0.25, -0.2) is 0 Å². The Bertz CT molecular complexity index is 444. The number of hydrogen-bond acceptors (Lipinski definition) is 3. The maximum atomic E-state index is 11.2. The molecule has 1 amide bonds. The van der Waals surface area contributed by atoms with Gasteiger partial charge >= 0.3 is 0 Å². The topological polar surface area (TPSA) is 72.2 Å². The second-order valence-electron chi connectivity index (χ2n) is 2.89. The first-order valence-corrected chi connectivity index (χ1v) is 4.64. The third-order valence-corrected chi connectivity index (χ3v) is 2.77. The second kappa shape index (κ2) is 3.06. The fraction of sp³-hybridized carbons (Fsp3) is 0.125. The average molecular weight is 257 g/mol.